The molecule has 1 aromatic carbocycles. The van der Waals surface area contributed by atoms with E-state index >= 15 is 0 Å². The summed E-state index contributed by atoms with van der Waals surface area (Å²) < 4.78 is 0.758. The molecule has 0 saturated carbocycles. The van der Waals surface area contributed by atoms with Crippen molar-refractivity contribution in [2.24, 2.45) is 0 Å². The number of amides is 1. The van der Waals surface area contributed by atoms with Crippen molar-refractivity contribution in [3.63, 3.8) is 0 Å². The Bertz CT molecular complexity index is 624. The number of nitrogens with one attached hydrogen (secondary N) is 1. The zero-order valence-electron chi connectivity index (χ0n) is 10.2. The molecule has 1 aromatic heterocycles. The van der Waals surface area contributed by atoms with Crippen LogP contribution in [0.25, 0.3) is 0 Å². The highest BCUT2D eigenvalue weighted by atomic mass is 79.9. The van der Waals surface area contributed by atoms with Crippen LogP contribution in [0, 0.1) is 0 Å². The number of carbonyl (C=O) groups is 2. The average molecular weight is 319 g/mol. The summed E-state index contributed by atoms with van der Waals surface area (Å²) in [7, 11) is 0. The van der Waals surface area contributed by atoms with Crippen molar-refractivity contribution in [2.75, 3.05) is 5.32 Å². The standard InChI is InChI=1S/C14H11BrN2O2/c1-9(18)17-13-4-2-10(3-5-13)14(19)11-6-12(15)8-16-7-11/h2-8H,1H3,(H,17,18). The Kier molecular flexibility index (Phi) is 4.06. The molecule has 0 unspecified atom stereocenters. The molecule has 0 atom stereocenters. The number of pyridine rings is 1. The molecule has 5 heteroatoms. The molecule has 1 N–H and O–H groups in total. The van der Waals surface area contributed by atoms with Crippen molar-refractivity contribution < 1.29 is 9.59 Å². The number of carbonyl (C=O) groups excluding carboxylic acids is 2. The van der Waals surface area contributed by atoms with Crippen molar-refractivity contribution in [2.45, 2.75) is 6.92 Å². The molecule has 0 saturated heterocycles. The minimum absolute atomic E-state index is 0.108. The second kappa shape index (κ2) is 5.75. The number of rotatable bonds is 3. The molecule has 2 rings (SSSR count). The molecule has 0 bridgehead atoms. The maximum Gasteiger partial charge on any atom is 0.221 e. The predicted octanol–water partition coefficient (Wildman–Crippen LogP) is 3.03. The van der Waals surface area contributed by atoms with Crippen LogP contribution in [-0.4, -0.2) is 16.7 Å². The van der Waals surface area contributed by atoms with Crippen LogP contribution in [0.4, 0.5) is 5.69 Å². The third kappa shape index (κ3) is 3.48. The van der Waals surface area contributed by atoms with Crippen LogP contribution in [0.5, 0.6) is 0 Å². The van der Waals surface area contributed by atoms with Gasteiger partial charge < -0.3 is 5.32 Å². The van der Waals surface area contributed by atoms with E-state index in [0.29, 0.717) is 16.8 Å². The normalized spacial score (nSPS) is 10.0. The first kappa shape index (κ1) is 13.4. The van der Waals surface area contributed by atoms with Gasteiger partial charge in [0.1, 0.15) is 0 Å². The van der Waals surface area contributed by atoms with E-state index in [1.54, 1.807) is 36.5 Å². The van der Waals surface area contributed by atoms with E-state index in [-0.39, 0.29) is 11.7 Å². The second-order valence-corrected chi connectivity index (χ2v) is 4.90. The first-order valence-electron chi connectivity index (χ1n) is 5.59. The fourth-order valence-corrected chi connectivity index (χ4v) is 1.98. The van der Waals surface area contributed by atoms with E-state index < -0.39 is 0 Å². The molecule has 96 valence electrons. The Labute approximate surface area is 119 Å². The minimum atomic E-state index is -0.143. The topological polar surface area (TPSA) is 59.1 Å². The maximum atomic E-state index is 12.2. The lowest BCUT2D eigenvalue weighted by Gasteiger charge is -2.04. The van der Waals surface area contributed by atoms with Crippen LogP contribution in [0.3, 0.4) is 0 Å². The highest BCUT2D eigenvalue weighted by Crippen LogP contribution is 2.16. The van der Waals surface area contributed by atoms with Gasteiger partial charge in [0.25, 0.3) is 0 Å². The summed E-state index contributed by atoms with van der Waals surface area (Å²) in [5, 5.41) is 2.65. The Morgan fingerprint density at radius 2 is 1.79 bits per heavy atom. The third-order valence-corrected chi connectivity index (χ3v) is 2.87. The van der Waals surface area contributed by atoms with Gasteiger partial charge in [0.15, 0.2) is 5.78 Å². The highest BCUT2D eigenvalue weighted by Gasteiger charge is 2.09. The number of halogens is 1. The lowest BCUT2D eigenvalue weighted by molar-refractivity contribution is -0.114. The number of nitrogens with zero attached hydrogens (tertiary/aromatic N) is 1. The quantitative estimate of drug-likeness (QED) is 0.885. The van der Waals surface area contributed by atoms with Gasteiger partial charge in [-0.3, -0.25) is 14.6 Å². The Hall–Kier alpha value is -2.01. The Morgan fingerprint density at radius 3 is 2.37 bits per heavy atom. The molecule has 1 amide bonds. The number of hydrogen-bond donors (Lipinski definition) is 1. The lowest BCUT2D eigenvalue weighted by atomic mass is 10.0. The van der Waals surface area contributed by atoms with Gasteiger partial charge in [-0.2, -0.15) is 0 Å². The molecule has 4 nitrogen and oxygen atoms in total. The van der Waals surface area contributed by atoms with Crippen LogP contribution in [0.2, 0.25) is 0 Å². The third-order valence-electron chi connectivity index (χ3n) is 2.43. The van der Waals surface area contributed by atoms with Gasteiger partial charge in [0.2, 0.25) is 5.91 Å². The van der Waals surface area contributed by atoms with Crippen molar-refractivity contribution in [1.29, 1.82) is 0 Å². The summed E-state index contributed by atoms with van der Waals surface area (Å²) in [5.41, 5.74) is 1.73. The molecule has 19 heavy (non-hydrogen) atoms. The predicted molar refractivity (Wildman–Crippen MR) is 76.1 cm³/mol. The van der Waals surface area contributed by atoms with Crippen LogP contribution in [0.1, 0.15) is 22.8 Å². The molecule has 0 aliphatic rings. The van der Waals surface area contributed by atoms with Gasteiger partial charge in [0, 0.05) is 40.6 Å². The zero-order valence-corrected chi connectivity index (χ0v) is 11.8. The van der Waals surface area contributed by atoms with Crippen molar-refractivity contribution >= 4 is 33.3 Å². The maximum absolute atomic E-state index is 12.2. The number of benzene rings is 1. The first-order valence-corrected chi connectivity index (χ1v) is 6.38. The summed E-state index contributed by atoms with van der Waals surface area (Å²) in [6.45, 7) is 1.44. The average Bonchev–Trinajstić information content (AvgIpc) is 2.38. The fourth-order valence-electron chi connectivity index (χ4n) is 1.61. The molecule has 0 aliphatic heterocycles. The van der Waals surface area contributed by atoms with Gasteiger partial charge in [-0.15, -0.1) is 0 Å². The summed E-state index contributed by atoms with van der Waals surface area (Å²) >= 11 is 3.28. The molecule has 0 aliphatic carbocycles. The van der Waals surface area contributed by atoms with Gasteiger partial charge >= 0.3 is 0 Å². The van der Waals surface area contributed by atoms with Gasteiger partial charge in [-0.05, 0) is 46.3 Å². The molecular weight excluding hydrogens is 308 g/mol. The summed E-state index contributed by atoms with van der Waals surface area (Å²) in [4.78, 5) is 27.0. The van der Waals surface area contributed by atoms with Gasteiger partial charge in [-0.1, -0.05) is 0 Å². The van der Waals surface area contributed by atoms with E-state index in [9.17, 15) is 9.59 Å². The number of aromatic nitrogens is 1. The summed E-state index contributed by atoms with van der Waals surface area (Å²) in [6.07, 6.45) is 3.14. The molecular formula is C14H11BrN2O2. The van der Waals surface area contributed by atoms with Crippen LogP contribution in [-0.2, 0) is 4.79 Å². The molecule has 2 aromatic rings. The van der Waals surface area contributed by atoms with Crippen LogP contribution >= 0.6 is 15.9 Å². The van der Waals surface area contributed by atoms with E-state index in [2.05, 4.69) is 26.2 Å². The van der Waals surface area contributed by atoms with E-state index in [1.807, 2.05) is 0 Å². The van der Waals surface area contributed by atoms with Crippen molar-refractivity contribution in [1.82, 2.24) is 4.98 Å². The van der Waals surface area contributed by atoms with Crippen molar-refractivity contribution in [3.05, 3.63) is 58.3 Å². The highest BCUT2D eigenvalue weighted by molar-refractivity contribution is 9.10. The van der Waals surface area contributed by atoms with E-state index in [0.717, 1.165) is 4.47 Å². The molecule has 1 heterocycles. The monoisotopic (exact) mass is 318 g/mol. The number of anilines is 1. The largest absolute Gasteiger partial charge is 0.326 e. The molecule has 0 fully saturated rings. The van der Waals surface area contributed by atoms with Crippen LogP contribution < -0.4 is 5.32 Å². The first-order chi connectivity index (χ1) is 9.06. The summed E-state index contributed by atoms with van der Waals surface area (Å²) in [6, 6.07) is 8.46. The van der Waals surface area contributed by atoms with Gasteiger partial charge in [-0.25, -0.2) is 0 Å². The Balaban J connectivity index is 2.22. The molecule has 0 radical (unpaired) electrons. The van der Waals surface area contributed by atoms with Crippen molar-refractivity contribution in [3.8, 4) is 0 Å². The Morgan fingerprint density at radius 1 is 1.11 bits per heavy atom. The minimum Gasteiger partial charge on any atom is -0.326 e. The zero-order chi connectivity index (χ0) is 13.8. The number of ketones is 1. The second-order valence-electron chi connectivity index (χ2n) is 3.98. The SMILES string of the molecule is CC(=O)Nc1ccc(C(=O)c2cncc(Br)c2)cc1. The van der Waals surface area contributed by atoms with Gasteiger partial charge in [0.05, 0.1) is 0 Å². The summed E-state index contributed by atoms with van der Waals surface area (Å²) in [5.74, 6) is -0.251. The van der Waals surface area contributed by atoms with Crippen LogP contribution in [0.15, 0.2) is 47.2 Å². The van der Waals surface area contributed by atoms with E-state index in [4.69, 9.17) is 0 Å². The number of hydrogen-bond acceptors (Lipinski definition) is 3. The smallest absolute Gasteiger partial charge is 0.221 e. The fraction of sp³-hybridized carbons (Fsp3) is 0.0714. The lowest BCUT2D eigenvalue weighted by Crippen LogP contribution is -2.06. The van der Waals surface area contributed by atoms with E-state index in [1.165, 1.54) is 13.1 Å². The molecule has 0 spiro atoms.